The van der Waals surface area contributed by atoms with Crippen molar-refractivity contribution >= 4 is 11.4 Å². The maximum Gasteiger partial charge on any atom is 0.132 e. The summed E-state index contributed by atoms with van der Waals surface area (Å²) in [7, 11) is 0. The molecule has 0 N–H and O–H groups in total. The Labute approximate surface area is 145 Å². The van der Waals surface area contributed by atoms with E-state index in [2.05, 4.69) is 67.6 Å². The van der Waals surface area contributed by atoms with E-state index in [4.69, 9.17) is 0 Å². The lowest BCUT2D eigenvalue weighted by atomic mass is 9.96. The second kappa shape index (κ2) is 9.67. The van der Waals surface area contributed by atoms with Gasteiger partial charge in [-0.25, -0.2) is 0 Å². The molecular weight excluding hydrogens is 292 g/mol. The molecule has 124 valence electrons. The van der Waals surface area contributed by atoms with Crippen LogP contribution in [0.2, 0.25) is 0 Å². The van der Waals surface area contributed by atoms with Crippen LogP contribution in [0.15, 0.2) is 78.4 Å². The molecule has 0 fully saturated rings. The highest BCUT2D eigenvalue weighted by Crippen LogP contribution is 2.23. The molecule has 0 unspecified atom stereocenters. The van der Waals surface area contributed by atoms with E-state index in [1.165, 1.54) is 22.3 Å². The first-order chi connectivity index (χ1) is 11.7. The van der Waals surface area contributed by atoms with Crippen LogP contribution < -0.4 is 0 Å². The number of allylic oxidation sites excluding steroid dienone is 4. The van der Waals surface area contributed by atoms with Crippen LogP contribution in [0, 0.1) is 0 Å². The Morgan fingerprint density at radius 1 is 0.917 bits per heavy atom. The Kier molecular flexibility index (Phi) is 7.22. The van der Waals surface area contributed by atoms with Gasteiger partial charge in [0, 0.05) is 12.8 Å². The zero-order chi connectivity index (χ0) is 17.2. The molecule has 2 rings (SSSR count). The molecule has 1 nitrogen and oxygen atoms in total. The Morgan fingerprint density at radius 3 is 2.17 bits per heavy atom. The fourth-order valence-electron chi connectivity index (χ4n) is 2.67. The predicted molar refractivity (Wildman–Crippen MR) is 103 cm³/mol. The van der Waals surface area contributed by atoms with Gasteiger partial charge >= 0.3 is 0 Å². The van der Waals surface area contributed by atoms with Crippen LogP contribution in [0.5, 0.6) is 0 Å². The Hall–Kier alpha value is -2.41. The zero-order valence-corrected chi connectivity index (χ0v) is 14.7. The minimum atomic E-state index is 0.329. The predicted octanol–water partition coefficient (Wildman–Crippen LogP) is 6.02. The van der Waals surface area contributed by atoms with Gasteiger partial charge in [-0.15, -0.1) is 0 Å². The third-order valence-electron chi connectivity index (χ3n) is 4.20. The fraction of sp³-hybridized carbons (Fsp3) is 0.261. The highest BCUT2D eigenvalue weighted by atomic mass is 16.1. The monoisotopic (exact) mass is 318 g/mol. The number of hydrogen-bond donors (Lipinski definition) is 0. The number of carbonyl (C=O) groups excluding carboxylic acids is 1. The van der Waals surface area contributed by atoms with Crippen molar-refractivity contribution in [3.8, 4) is 0 Å². The summed E-state index contributed by atoms with van der Waals surface area (Å²) in [5, 5.41) is 0. The van der Waals surface area contributed by atoms with E-state index >= 15 is 0 Å². The molecule has 0 aliphatic rings. The Morgan fingerprint density at radius 2 is 1.54 bits per heavy atom. The van der Waals surface area contributed by atoms with Crippen molar-refractivity contribution < 1.29 is 4.79 Å². The molecule has 1 heteroatoms. The molecule has 24 heavy (non-hydrogen) atoms. The van der Waals surface area contributed by atoms with E-state index in [1.807, 2.05) is 19.1 Å². The van der Waals surface area contributed by atoms with E-state index < -0.39 is 0 Å². The lowest BCUT2D eigenvalue weighted by molar-refractivity contribution is -0.118. The van der Waals surface area contributed by atoms with Crippen LogP contribution in [0.3, 0.4) is 0 Å². The second-order valence-electron chi connectivity index (χ2n) is 6.04. The maximum absolute atomic E-state index is 11.6. The van der Waals surface area contributed by atoms with Gasteiger partial charge in [0.25, 0.3) is 0 Å². The first kappa shape index (κ1) is 17.9. The maximum atomic E-state index is 11.6. The third kappa shape index (κ3) is 5.66. The quantitative estimate of drug-likeness (QED) is 0.544. The van der Waals surface area contributed by atoms with Crippen molar-refractivity contribution in [3.63, 3.8) is 0 Å². The summed E-state index contributed by atoms with van der Waals surface area (Å²) in [6.45, 7) is 4.07. The lowest BCUT2D eigenvalue weighted by Crippen LogP contribution is -1.96. The standard InChI is InChI=1S/C23H26O/c1-3-22(24)18-17-19(2)23(21-14-8-5-9-15-21)16-10-13-20-11-6-4-7-12-20/h4-12,14-16H,3,13,17-18H2,1-2H3/b16-10+,23-19+. The summed E-state index contributed by atoms with van der Waals surface area (Å²) >= 11 is 0. The average Bonchev–Trinajstić information content (AvgIpc) is 2.64. The molecular formula is C23H26O. The van der Waals surface area contributed by atoms with Crippen LogP contribution >= 0.6 is 0 Å². The molecule has 0 saturated heterocycles. The van der Waals surface area contributed by atoms with Gasteiger partial charge in [-0.1, -0.05) is 85.3 Å². The number of Topliss-reactive ketones (excluding diaryl/α,β-unsaturated/α-hetero) is 1. The summed E-state index contributed by atoms with van der Waals surface area (Å²) in [5.74, 6) is 0.329. The normalized spacial score (nSPS) is 12.2. The largest absolute Gasteiger partial charge is 0.300 e. The molecule has 0 bridgehead atoms. The summed E-state index contributed by atoms with van der Waals surface area (Å²) in [4.78, 5) is 11.6. The lowest BCUT2D eigenvalue weighted by Gasteiger charge is -2.09. The first-order valence-corrected chi connectivity index (χ1v) is 8.68. The van der Waals surface area contributed by atoms with Crippen LogP contribution in [0.25, 0.3) is 5.57 Å². The van der Waals surface area contributed by atoms with Gasteiger partial charge in [0.1, 0.15) is 5.78 Å². The van der Waals surface area contributed by atoms with Gasteiger partial charge in [0.15, 0.2) is 0 Å². The molecule has 0 aliphatic heterocycles. The minimum Gasteiger partial charge on any atom is -0.300 e. The number of hydrogen-bond acceptors (Lipinski definition) is 1. The summed E-state index contributed by atoms with van der Waals surface area (Å²) < 4.78 is 0. The molecule has 0 radical (unpaired) electrons. The van der Waals surface area contributed by atoms with Gasteiger partial charge in [-0.3, -0.25) is 4.79 Å². The number of ketones is 1. The Bertz CT molecular complexity index is 693. The zero-order valence-electron chi connectivity index (χ0n) is 14.7. The van der Waals surface area contributed by atoms with Crippen molar-refractivity contribution in [2.24, 2.45) is 0 Å². The van der Waals surface area contributed by atoms with E-state index in [0.717, 1.165) is 12.8 Å². The molecule has 2 aromatic carbocycles. The van der Waals surface area contributed by atoms with Crippen molar-refractivity contribution in [2.45, 2.75) is 39.5 Å². The third-order valence-corrected chi connectivity index (χ3v) is 4.20. The first-order valence-electron chi connectivity index (χ1n) is 8.68. The van der Waals surface area contributed by atoms with Crippen LogP contribution in [0.4, 0.5) is 0 Å². The SMILES string of the molecule is CCC(=O)CC/C(C)=C(\C=C\Cc1ccccc1)c1ccccc1. The van der Waals surface area contributed by atoms with Gasteiger partial charge in [0.2, 0.25) is 0 Å². The number of benzene rings is 2. The molecule has 2 aromatic rings. The highest BCUT2D eigenvalue weighted by Gasteiger charge is 2.05. The van der Waals surface area contributed by atoms with E-state index in [1.54, 1.807) is 0 Å². The summed E-state index contributed by atoms with van der Waals surface area (Å²) in [6, 6.07) is 20.9. The van der Waals surface area contributed by atoms with E-state index in [9.17, 15) is 4.79 Å². The molecule has 0 aliphatic carbocycles. The number of carbonyl (C=O) groups is 1. The van der Waals surface area contributed by atoms with Crippen molar-refractivity contribution in [1.29, 1.82) is 0 Å². The fourth-order valence-corrected chi connectivity index (χ4v) is 2.67. The second-order valence-corrected chi connectivity index (χ2v) is 6.04. The van der Waals surface area contributed by atoms with Gasteiger partial charge in [-0.2, -0.15) is 0 Å². The van der Waals surface area contributed by atoms with E-state index in [0.29, 0.717) is 18.6 Å². The number of rotatable bonds is 8. The summed E-state index contributed by atoms with van der Waals surface area (Å²) in [6.07, 6.45) is 7.41. The molecule has 0 spiro atoms. The van der Waals surface area contributed by atoms with Crippen LogP contribution in [0.1, 0.15) is 44.2 Å². The topological polar surface area (TPSA) is 17.1 Å². The van der Waals surface area contributed by atoms with Crippen molar-refractivity contribution in [1.82, 2.24) is 0 Å². The minimum absolute atomic E-state index is 0.329. The van der Waals surface area contributed by atoms with Gasteiger partial charge in [-0.05, 0) is 36.5 Å². The van der Waals surface area contributed by atoms with Crippen LogP contribution in [-0.2, 0) is 11.2 Å². The van der Waals surface area contributed by atoms with Crippen molar-refractivity contribution in [2.75, 3.05) is 0 Å². The molecule has 0 amide bonds. The van der Waals surface area contributed by atoms with Gasteiger partial charge in [0.05, 0.1) is 0 Å². The van der Waals surface area contributed by atoms with Gasteiger partial charge < -0.3 is 0 Å². The smallest absolute Gasteiger partial charge is 0.132 e. The molecule has 0 heterocycles. The highest BCUT2D eigenvalue weighted by molar-refractivity contribution is 5.80. The summed E-state index contributed by atoms with van der Waals surface area (Å²) in [5.41, 5.74) is 5.02. The molecule has 0 atom stereocenters. The molecule has 0 aromatic heterocycles. The van der Waals surface area contributed by atoms with Crippen molar-refractivity contribution in [3.05, 3.63) is 89.5 Å². The molecule has 0 saturated carbocycles. The average molecular weight is 318 g/mol. The van der Waals surface area contributed by atoms with Crippen LogP contribution in [-0.4, -0.2) is 5.78 Å². The van der Waals surface area contributed by atoms with E-state index in [-0.39, 0.29) is 0 Å². The Balaban J connectivity index is 2.18.